The van der Waals surface area contributed by atoms with Gasteiger partial charge in [-0.1, -0.05) is 12.1 Å². The van der Waals surface area contributed by atoms with Crippen LogP contribution in [0.2, 0.25) is 0 Å². The molecule has 42 heavy (non-hydrogen) atoms. The van der Waals surface area contributed by atoms with Crippen LogP contribution < -0.4 is 10.5 Å². The molecule has 0 heterocycles. The summed E-state index contributed by atoms with van der Waals surface area (Å²) in [5.41, 5.74) is 4.25. The monoisotopic (exact) mass is 576 g/mol. The maximum atomic E-state index is 14.0. The number of methoxy groups -OCH3 is 2. The van der Waals surface area contributed by atoms with Crippen molar-refractivity contribution >= 4 is 29.3 Å². The highest BCUT2D eigenvalue weighted by atomic mass is 16.5. The van der Waals surface area contributed by atoms with E-state index in [1.54, 1.807) is 32.3 Å². The zero-order valence-corrected chi connectivity index (χ0v) is 23.5. The van der Waals surface area contributed by atoms with Crippen molar-refractivity contribution in [2.75, 3.05) is 28.3 Å². The smallest absolute Gasteiger partial charge is 0.255 e. The van der Waals surface area contributed by atoms with Crippen LogP contribution >= 0.6 is 0 Å². The van der Waals surface area contributed by atoms with E-state index < -0.39 is 58.0 Å². The number of carbonyl (C=O) groups excluding carboxylic acids is 3. The number of amides is 1. The first-order chi connectivity index (χ1) is 19.9. The molecule has 6 N–H and O–H groups in total. The van der Waals surface area contributed by atoms with E-state index in [9.17, 15) is 34.8 Å². The maximum Gasteiger partial charge on any atom is 0.255 e. The molecule has 220 valence electrons. The fourth-order valence-corrected chi connectivity index (χ4v) is 6.68. The van der Waals surface area contributed by atoms with Crippen molar-refractivity contribution in [3.05, 3.63) is 70.2 Å². The molecule has 0 saturated heterocycles. The molecule has 1 fully saturated rings. The SMILES string of the molecule is CO/C=C/c1ccc(OC)c(-c2ccc(O)c3c2C[C@H]2C[C@H]4[C@H](N(C)C)C(=O)C(C(N)=O)=C(O)[C@@]4(O)C(=O)C2=C3O)c1. The van der Waals surface area contributed by atoms with Crippen LogP contribution in [0, 0.1) is 11.8 Å². The molecule has 4 atom stereocenters. The van der Waals surface area contributed by atoms with E-state index in [1.165, 1.54) is 31.4 Å². The summed E-state index contributed by atoms with van der Waals surface area (Å²) in [4.78, 5) is 41.0. The molecule has 2 aromatic rings. The van der Waals surface area contributed by atoms with Gasteiger partial charge in [-0.2, -0.15) is 0 Å². The van der Waals surface area contributed by atoms with Crippen LogP contribution in [-0.2, 0) is 25.5 Å². The van der Waals surface area contributed by atoms with Crippen molar-refractivity contribution in [3.8, 4) is 22.6 Å². The van der Waals surface area contributed by atoms with Gasteiger partial charge in [0.1, 0.15) is 28.6 Å². The van der Waals surface area contributed by atoms with Crippen LogP contribution in [-0.4, -0.2) is 82.8 Å². The Labute approximate surface area is 241 Å². The summed E-state index contributed by atoms with van der Waals surface area (Å²) in [6.45, 7) is 0. The number of fused-ring (bicyclic) bond motifs is 3. The van der Waals surface area contributed by atoms with E-state index in [4.69, 9.17) is 15.2 Å². The molecule has 0 aromatic heterocycles. The molecule has 3 aliphatic rings. The van der Waals surface area contributed by atoms with E-state index in [1.807, 2.05) is 12.1 Å². The summed E-state index contributed by atoms with van der Waals surface area (Å²) in [7, 11) is 6.16. The Morgan fingerprint density at radius 2 is 1.81 bits per heavy atom. The molecule has 2 aromatic carbocycles. The van der Waals surface area contributed by atoms with Crippen LogP contribution in [0.5, 0.6) is 11.5 Å². The van der Waals surface area contributed by atoms with E-state index >= 15 is 0 Å². The fourth-order valence-electron chi connectivity index (χ4n) is 6.68. The van der Waals surface area contributed by atoms with Crippen LogP contribution in [0.3, 0.4) is 0 Å². The number of benzene rings is 2. The van der Waals surface area contributed by atoms with Gasteiger partial charge in [0.25, 0.3) is 5.91 Å². The summed E-state index contributed by atoms with van der Waals surface area (Å²) in [5, 5.41) is 45.2. The number of hydrogen-bond acceptors (Lipinski definition) is 10. The molecule has 5 rings (SSSR count). The normalized spacial score (nSPS) is 25.4. The summed E-state index contributed by atoms with van der Waals surface area (Å²) in [6, 6.07) is 7.39. The molecule has 0 unspecified atom stereocenters. The molecule has 0 bridgehead atoms. The highest BCUT2D eigenvalue weighted by molar-refractivity contribution is 6.24. The number of nitrogens with zero attached hydrogens (tertiary/aromatic N) is 1. The second kappa shape index (κ2) is 10.3. The van der Waals surface area contributed by atoms with E-state index in [-0.39, 0.29) is 29.7 Å². The van der Waals surface area contributed by atoms with Gasteiger partial charge >= 0.3 is 0 Å². The summed E-state index contributed by atoms with van der Waals surface area (Å²) in [5.74, 6) is -6.44. The third kappa shape index (κ3) is 4.07. The average Bonchev–Trinajstić information content (AvgIpc) is 2.93. The number of rotatable bonds is 6. The first-order valence-corrected chi connectivity index (χ1v) is 13.3. The Morgan fingerprint density at radius 3 is 2.43 bits per heavy atom. The standard InChI is InChI=1S/C31H32N2O9/c1-33(2)25-19-13-15-12-18-16(17-11-14(9-10-41-3)5-8-21(17)42-4)6-7-20(34)23(18)26(35)22(15)28(37)31(19,40)29(38)24(27(25)36)30(32)39/h5-11,15,19,25,34-35,38,40H,12-13H2,1-4H3,(H2,32,39)/b10-9+/t15-,19-,25-,31-/m0/s1. The van der Waals surface area contributed by atoms with Gasteiger partial charge in [0.05, 0.1) is 32.1 Å². The van der Waals surface area contributed by atoms with Gasteiger partial charge in [0.2, 0.25) is 5.78 Å². The first kappa shape index (κ1) is 28.9. The highest BCUT2D eigenvalue weighted by Gasteiger charge is 2.64. The van der Waals surface area contributed by atoms with Crippen molar-refractivity contribution in [3.63, 3.8) is 0 Å². The molecule has 1 saturated carbocycles. The lowest BCUT2D eigenvalue weighted by atomic mass is 9.57. The minimum absolute atomic E-state index is 0.00341. The molecule has 3 aliphatic carbocycles. The van der Waals surface area contributed by atoms with Crippen LogP contribution in [0.25, 0.3) is 23.0 Å². The number of phenolic OH excluding ortho intramolecular Hbond substituents is 1. The van der Waals surface area contributed by atoms with E-state index in [0.29, 0.717) is 22.4 Å². The lowest BCUT2D eigenvalue weighted by Gasteiger charge is -2.50. The Kier molecular flexibility index (Phi) is 7.12. The number of carbonyl (C=O) groups is 3. The second-order valence-electron chi connectivity index (χ2n) is 10.9. The Bertz CT molecular complexity index is 1620. The second-order valence-corrected chi connectivity index (χ2v) is 10.9. The van der Waals surface area contributed by atoms with Gasteiger partial charge in [0.15, 0.2) is 11.4 Å². The molecule has 11 heteroatoms. The number of phenols is 1. The minimum atomic E-state index is -2.69. The molecular formula is C31H32N2O9. The van der Waals surface area contributed by atoms with Gasteiger partial charge < -0.3 is 35.6 Å². The predicted octanol–water partition coefficient (Wildman–Crippen LogP) is 2.26. The van der Waals surface area contributed by atoms with Crippen molar-refractivity contribution < 1.29 is 44.3 Å². The van der Waals surface area contributed by atoms with Crippen LogP contribution in [0.4, 0.5) is 0 Å². The van der Waals surface area contributed by atoms with E-state index in [2.05, 4.69) is 0 Å². The first-order valence-electron chi connectivity index (χ1n) is 13.3. The van der Waals surface area contributed by atoms with Gasteiger partial charge in [-0.15, -0.1) is 0 Å². The van der Waals surface area contributed by atoms with Gasteiger partial charge in [-0.3, -0.25) is 19.3 Å². The zero-order chi connectivity index (χ0) is 30.7. The summed E-state index contributed by atoms with van der Waals surface area (Å²) in [6.07, 6.45) is 3.43. The number of aliphatic hydroxyl groups is 3. The van der Waals surface area contributed by atoms with Crippen molar-refractivity contribution in [1.29, 1.82) is 0 Å². The lowest BCUT2D eigenvalue weighted by Crippen LogP contribution is -2.65. The average molecular weight is 577 g/mol. The Balaban J connectivity index is 1.74. The molecule has 0 aliphatic heterocycles. The summed E-state index contributed by atoms with van der Waals surface area (Å²) >= 11 is 0. The number of nitrogens with two attached hydrogens (primary N) is 1. The third-order valence-electron chi connectivity index (χ3n) is 8.51. The van der Waals surface area contributed by atoms with Crippen LogP contribution in [0.1, 0.15) is 23.1 Å². The third-order valence-corrected chi connectivity index (χ3v) is 8.51. The highest BCUT2D eigenvalue weighted by Crippen LogP contribution is 2.54. The van der Waals surface area contributed by atoms with Crippen LogP contribution in [0.15, 0.2) is 53.5 Å². The maximum absolute atomic E-state index is 14.0. The van der Waals surface area contributed by atoms with Gasteiger partial charge in [0, 0.05) is 17.1 Å². The number of aliphatic hydroxyl groups excluding tert-OH is 2. The zero-order valence-electron chi connectivity index (χ0n) is 23.5. The molecule has 0 radical (unpaired) electrons. The largest absolute Gasteiger partial charge is 0.508 e. The topological polar surface area (TPSA) is 180 Å². The summed E-state index contributed by atoms with van der Waals surface area (Å²) < 4.78 is 10.7. The fraction of sp³-hybridized carbons (Fsp3) is 0.323. The quantitative estimate of drug-likeness (QED) is 0.253. The number of ether oxygens (including phenoxy) is 2. The molecular weight excluding hydrogens is 544 g/mol. The number of ketones is 2. The Hall–Kier alpha value is -4.61. The molecule has 11 nitrogen and oxygen atoms in total. The number of aromatic hydroxyl groups is 1. The van der Waals surface area contributed by atoms with Gasteiger partial charge in [-0.25, -0.2) is 0 Å². The molecule has 1 amide bonds. The number of primary amides is 1. The van der Waals surface area contributed by atoms with Gasteiger partial charge in [-0.05, 0) is 73.8 Å². The van der Waals surface area contributed by atoms with Crippen molar-refractivity contribution in [2.24, 2.45) is 17.6 Å². The lowest BCUT2D eigenvalue weighted by molar-refractivity contribution is -0.153. The minimum Gasteiger partial charge on any atom is -0.508 e. The van der Waals surface area contributed by atoms with Crippen molar-refractivity contribution in [2.45, 2.75) is 24.5 Å². The van der Waals surface area contributed by atoms with Crippen molar-refractivity contribution in [1.82, 2.24) is 4.90 Å². The molecule has 0 spiro atoms. The number of Topliss-reactive ketones (excluding diaryl/α,β-unsaturated/α-hetero) is 2. The number of hydrogen-bond donors (Lipinski definition) is 5. The number of likely N-dealkylation sites (N-methyl/N-ethyl adjacent to an activating group) is 1. The predicted molar refractivity (Wildman–Crippen MR) is 152 cm³/mol. The Morgan fingerprint density at radius 1 is 1.10 bits per heavy atom. The van der Waals surface area contributed by atoms with E-state index in [0.717, 1.165) is 5.56 Å².